The number of piperazine rings is 1. The number of hydrazine groups is 1. The van der Waals surface area contributed by atoms with Gasteiger partial charge >= 0.3 is 0 Å². The Kier molecular flexibility index (Phi) is 6.80. The van der Waals surface area contributed by atoms with Crippen molar-refractivity contribution in [1.29, 1.82) is 0 Å². The molecule has 0 radical (unpaired) electrons. The van der Waals surface area contributed by atoms with Crippen molar-refractivity contribution >= 4 is 17.3 Å². The third kappa shape index (κ3) is 5.02. The number of aromatic nitrogens is 1. The van der Waals surface area contributed by atoms with E-state index < -0.39 is 6.43 Å². The first-order valence-electron chi connectivity index (χ1n) is 9.35. The molecular weight excluding hydrogens is 394 g/mol. The Morgan fingerprint density at radius 3 is 2.60 bits per heavy atom. The third-order valence-corrected chi connectivity index (χ3v) is 4.65. The smallest absolute Gasteiger partial charge is 0.263 e. The van der Waals surface area contributed by atoms with E-state index in [9.17, 15) is 13.6 Å². The molecule has 0 bridgehead atoms. The van der Waals surface area contributed by atoms with E-state index in [0.29, 0.717) is 41.7 Å². The van der Waals surface area contributed by atoms with Crippen molar-refractivity contribution in [2.75, 3.05) is 36.1 Å². The van der Waals surface area contributed by atoms with Crippen LogP contribution in [-0.2, 0) is 4.79 Å². The second kappa shape index (κ2) is 9.51. The summed E-state index contributed by atoms with van der Waals surface area (Å²) in [7, 11) is 0. The second-order valence-corrected chi connectivity index (χ2v) is 6.76. The second-order valence-electron chi connectivity index (χ2n) is 6.76. The lowest BCUT2D eigenvalue weighted by Gasteiger charge is -2.27. The highest BCUT2D eigenvalue weighted by Crippen LogP contribution is 2.24. The van der Waals surface area contributed by atoms with Crippen molar-refractivity contribution < 1.29 is 18.3 Å². The van der Waals surface area contributed by atoms with Gasteiger partial charge in [-0.15, -0.1) is 0 Å². The number of allylic oxidation sites excluding steroid dienone is 1. The molecular formula is C20H24F2N6O2. The maximum absolute atomic E-state index is 12.7. The molecule has 0 atom stereocenters. The zero-order chi connectivity index (χ0) is 21.7. The molecule has 10 heteroatoms. The van der Waals surface area contributed by atoms with Crippen LogP contribution in [0.15, 0.2) is 54.0 Å². The van der Waals surface area contributed by atoms with Gasteiger partial charge in [0, 0.05) is 30.4 Å². The number of carbonyl (C=O) groups excluding carboxylic acids is 1. The van der Waals surface area contributed by atoms with Crippen LogP contribution in [0.4, 0.5) is 20.2 Å². The zero-order valence-electron chi connectivity index (χ0n) is 16.5. The predicted molar refractivity (Wildman–Crippen MR) is 110 cm³/mol. The highest BCUT2D eigenvalue weighted by molar-refractivity contribution is 5.95. The average Bonchev–Trinajstić information content (AvgIpc) is 2.74. The molecule has 1 aliphatic rings. The number of rotatable bonds is 7. The molecule has 160 valence electrons. The Labute approximate surface area is 173 Å². The molecule has 3 rings (SSSR count). The van der Waals surface area contributed by atoms with Crippen LogP contribution >= 0.6 is 0 Å². The molecule has 0 spiro atoms. The zero-order valence-corrected chi connectivity index (χ0v) is 16.5. The van der Waals surface area contributed by atoms with Gasteiger partial charge in [-0.1, -0.05) is 12.1 Å². The summed E-state index contributed by atoms with van der Waals surface area (Å²) in [5.74, 6) is 6.44. The standard InChI is InChI=1S/C20H24F2N6O2/c1-13(23)17(28(24)15-4-2-14(3-5-15)20(21)22)12-30-18-7-6-16(10-26-18)27-9-8-25-11-19(27)29/h2-7,10,20,25H,8-9,11-12,23-24H2,1H3/b17-13-. The van der Waals surface area contributed by atoms with Gasteiger partial charge in [-0.25, -0.2) is 19.6 Å². The first-order valence-corrected chi connectivity index (χ1v) is 9.35. The third-order valence-electron chi connectivity index (χ3n) is 4.65. The van der Waals surface area contributed by atoms with Crippen LogP contribution < -0.4 is 31.5 Å². The van der Waals surface area contributed by atoms with E-state index in [1.54, 1.807) is 30.2 Å². The molecule has 0 aliphatic carbocycles. The van der Waals surface area contributed by atoms with Crippen LogP contribution in [-0.4, -0.2) is 37.1 Å². The number of nitrogens with two attached hydrogens (primary N) is 2. The van der Waals surface area contributed by atoms with E-state index >= 15 is 0 Å². The molecule has 8 nitrogen and oxygen atoms in total. The summed E-state index contributed by atoms with van der Waals surface area (Å²) in [6.45, 7) is 3.28. The molecule has 0 unspecified atom stereocenters. The number of nitrogens with one attached hydrogen (secondary N) is 1. The maximum Gasteiger partial charge on any atom is 0.263 e. The molecule has 0 saturated carbocycles. The number of pyridine rings is 1. The van der Waals surface area contributed by atoms with Crippen molar-refractivity contribution in [3.05, 3.63) is 59.6 Å². The molecule has 30 heavy (non-hydrogen) atoms. The van der Waals surface area contributed by atoms with Gasteiger partial charge in [0.1, 0.15) is 6.61 Å². The highest BCUT2D eigenvalue weighted by atomic mass is 19.3. The van der Waals surface area contributed by atoms with Gasteiger partial charge < -0.3 is 20.7 Å². The van der Waals surface area contributed by atoms with Crippen LogP contribution in [0, 0.1) is 0 Å². The van der Waals surface area contributed by atoms with Crippen LogP contribution in [0.5, 0.6) is 5.88 Å². The molecule has 2 heterocycles. The molecule has 2 aromatic rings. The fourth-order valence-corrected chi connectivity index (χ4v) is 2.95. The number of alkyl halides is 2. The van der Waals surface area contributed by atoms with E-state index in [0.717, 1.165) is 6.54 Å². The normalized spacial score (nSPS) is 15.2. The number of nitrogens with zero attached hydrogens (tertiary/aromatic N) is 3. The van der Waals surface area contributed by atoms with Crippen LogP contribution in [0.25, 0.3) is 0 Å². The van der Waals surface area contributed by atoms with Crippen LogP contribution in [0.3, 0.4) is 0 Å². The Hall–Kier alpha value is -3.24. The number of anilines is 2. The minimum Gasteiger partial charge on any atom is -0.471 e. The van der Waals surface area contributed by atoms with Crippen molar-refractivity contribution in [3.8, 4) is 5.88 Å². The van der Waals surface area contributed by atoms with E-state index in [2.05, 4.69) is 10.3 Å². The average molecular weight is 418 g/mol. The lowest BCUT2D eigenvalue weighted by atomic mass is 10.2. The number of amides is 1. The largest absolute Gasteiger partial charge is 0.471 e. The summed E-state index contributed by atoms with van der Waals surface area (Å²) < 4.78 is 31.2. The number of hydrogen-bond acceptors (Lipinski definition) is 7. The van der Waals surface area contributed by atoms with Crippen LogP contribution in [0.1, 0.15) is 18.9 Å². The molecule has 1 aromatic carbocycles. The fourth-order valence-electron chi connectivity index (χ4n) is 2.95. The first-order chi connectivity index (χ1) is 14.4. The minimum absolute atomic E-state index is 0.0164. The van der Waals surface area contributed by atoms with Crippen molar-refractivity contribution in [3.63, 3.8) is 0 Å². The molecule has 5 N–H and O–H groups in total. The Bertz CT molecular complexity index is 899. The van der Waals surface area contributed by atoms with Gasteiger partial charge in [0.2, 0.25) is 11.8 Å². The van der Waals surface area contributed by atoms with Crippen LogP contribution in [0.2, 0.25) is 0 Å². The Balaban J connectivity index is 1.66. The number of benzene rings is 1. The number of carbonyl (C=O) groups is 1. The Morgan fingerprint density at radius 1 is 1.30 bits per heavy atom. The number of halogens is 2. The van der Waals surface area contributed by atoms with Gasteiger partial charge in [0.25, 0.3) is 6.43 Å². The summed E-state index contributed by atoms with van der Waals surface area (Å²) in [5.41, 5.74) is 7.91. The molecule has 1 fully saturated rings. The number of hydrogen-bond donors (Lipinski definition) is 3. The minimum atomic E-state index is -2.55. The van der Waals surface area contributed by atoms with Gasteiger partial charge in [-0.2, -0.15) is 0 Å². The lowest BCUT2D eigenvalue weighted by Crippen LogP contribution is -2.48. The van der Waals surface area contributed by atoms with E-state index in [-0.39, 0.29) is 18.1 Å². The predicted octanol–water partition coefficient (Wildman–Crippen LogP) is 1.90. The lowest BCUT2D eigenvalue weighted by molar-refractivity contribution is -0.118. The van der Waals surface area contributed by atoms with E-state index in [4.69, 9.17) is 16.3 Å². The Morgan fingerprint density at radius 2 is 2.03 bits per heavy atom. The van der Waals surface area contributed by atoms with Crippen molar-refractivity contribution in [2.24, 2.45) is 11.6 Å². The number of ether oxygens (including phenoxy) is 1. The topological polar surface area (TPSA) is 110 Å². The van der Waals surface area contributed by atoms with Gasteiger partial charge in [-0.05, 0) is 25.1 Å². The first kappa shape index (κ1) is 21.5. The van der Waals surface area contributed by atoms with E-state index in [1.807, 2.05) is 0 Å². The summed E-state index contributed by atoms with van der Waals surface area (Å²) in [6, 6.07) is 9.01. The van der Waals surface area contributed by atoms with E-state index in [1.165, 1.54) is 29.3 Å². The highest BCUT2D eigenvalue weighted by Gasteiger charge is 2.19. The quantitative estimate of drug-likeness (QED) is 0.465. The summed E-state index contributed by atoms with van der Waals surface area (Å²) in [5, 5.41) is 4.30. The molecule has 1 aromatic heterocycles. The molecule has 1 amide bonds. The maximum atomic E-state index is 12.7. The van der Waals surface area contributed by atoms with Crippen molar-refractivity contribution in [2.45, 2.75) is 13.3 Å². The van der Waals surface area contributed by atoms with Crippen molar-refractivity contribution in [1.82, 2.24) is 10.3 Å². The monoisotopic (exact) mass is 418 g/mol. The SMILES string of the molecule is C/C(N)=C(\COc1ccc(N2CCNCC2=O)cn1)N(N)c1ccc(C(F)F)cc1. The summed E-state index contributed by atoms with van der Waals surface area (Å²) in [4.78, 5) is 17.9. The summed E-state index contributed by atoms with van der Waals surface area (Å²) in [6.07, 6.45) is -0.981. The summed E-state index contributed by atoms with van der Waals surface area (Å²) >= 11 is 0. The van der Waals surface area contributed by atoms with Gasteiger partial charge in [0.15, 0.2) is 0 Å². The fraction of sp³-hybridized carbons (Fsp3) is 0.300. The van der Waals surface area contributed by atoms with Gasteiger partial charge in [0.05, 0.1) is 29.8 Å². The molecule has 1 saturated heterocycles. The van der Waals surface area contributed by atoms with Gasteiger partial charge in [-0.3, -0.25) is 9.80 Å². The molecule has 1 aliphatic heterocycles.